The number of aromatic nitrogens is 2. The lowest BCUT2D eigenvalue weighted by Gasteiger charge is -2.09. The van der Waals surface area contributed by atoms with Crippen LogP contribution in [0.1, 0.15) is 21.6 Å². The second-order valence-corrected chi connectivity index (χ2v) is 4.00. The maximum Gasteiger partial charge on any atom is 0.420 e. The summed E-state index contributed by atoms with van der Waals surface area (Å²) in [7, 11) is 0. The Morgan fingerprint density at radius 2 is 2.10 bits per heavy atom. The van der Waals surface area contributed by atoms with E-state index in [2.05, 4.69) is 5.10 Å². The molecule has 0 saturated carbocycles. The molecule has 2 rings (SSSR count). The summed E-state index contributed by atoms with van der Waals surface area (Å²) < 4.78 is 39.0. The van der Waals surface area contributed by atoms with Crippen LogP contribution < -0.4 is 5.73 Å². The molecule has 1 aromatic heterocycles. The molecule has 3 N–H and O–H groups in total. The van der Waals surface area contributed by atoms with Crippen LogP contribution >= 0.6 is 0 Å². The fourth-order valence-electron chi connectivity index (χ4n) is 1.77. The number of carboxylic acid groups (broad SMARTS) is 1. The normalized spacial score (nSPS) is 11.6. The van der Waals surface area contributed by atoms with Gasteiger partial charge in [-0.1, -0.05) is 12.1 Å². The molecule has 0 aliphatic heterocycles. The highest BCUT2D eigenvalue weighted by atomic mass is 19.4. The van der Waals surface area contributed by atoms with Crippen molar-refractivity contribution in [3.8, 4) is 5.69 Å². The smallest absolute Gasteiger partial charge is 0.420 e. The second kappa shape index (κ2) is 4.97. The van der Waals surface area contributed by atoms with Gasteiger partial charge in [0.15, 0.2) is 5.69 Å². The molecule has 0 radical (unpaired) electrons. The molecule has 2 aromatic rings. The maximum atomic E-state index is 12.7. The first kappa shape index (κ1) is 14.1. The Labute approximate surface area is 111 Å². The van der Waals surface area contributed by atoms with Crippen molar-refractivity contribution in [3.05, 3.63) is 47.3 Å². The van der Waals surface area contributed by atoms with Gasteiger partial charge < -0.3 is 10.8 Å². The molecule has 1 aromatic carbocycles. The Hall–Kier alpha value is -2.35. The van der Waals surface area contributed by atoms with Gasteiger partial charge in [0.05, 0.1) is 11.9 Å². The molecule has 0 aliphatic rings. The number of halogens is 3. The molecule has 0 unspecified atom stereocenters. The van der Waals surface area contributed by atoms with E-state index in [9.17, 15) is 18.0 Å². The number of carbonyl (C=O) groups is 1. The quantitative estimate of drug-likeness (QED) is 0.904. The summed E-state index contributed by atoms with van der Waals surface area (Å²) in [6.45, 7) is 0.184. The molecule has 0 bridgehead atoms. The largest absolute Gasteiger partial charge is 0.476 e. The van der Waals surface area contributed by atoms with Crippen molar-refractivity contribution in [2.24, 2.45) is 5.73 Å². The summed E-state index contributed by atoms with van der Waals surface area (Å²) in [6, 6.07) is 6.19. The number of nitrogens with two attached hydrogens (primary N) is 1. The lowest BCUT2D eigenvalue weighted by Crippen LogP contribution is -2.15. The molecule has 1 heterocycles. The summed E-state index contributed by atoms with van der Waals surface area (Å²) in [6.07, 6.45) is -4.28. The minimum Gasteiger partial charge on any atom is -0.476 e. The molecule has 0 atom stereocenters. The van der Waals surface area contributed by atoms with Crippen LogP contribution in [0, 0.1) is 0 Å². The molecule has 0 aliphatic carbocycles. The number of alkyl halides is 3. The molecule has 20 heavy (non-hydrogen) atoms. The fraction of sp³-hybridized carbons (Fsp3) is 0.167. The van der Waals surface area contributed by atoms with Crippen LogP contribution in [0.15, 0.2) is 30.5 Å². The van der Waals surface area contributed by atoms with Crippen LogP contribution in [0.5, 0.6) is 0 Å². The number of carboxylic acids is 1. The molecule has 0 spiro atoms. The SMILES string of the molecule is NCc1cccc(-n2ncc(C(F)(F)F)c2C(=O)O)c1. The van der Waals surface area contributed by atoms with E-state index in [0.29, 0.717) is 11.8 Å². The zero-order chi connectivity index (χ0) is 14.9. The van der Waals surface area contributed by atoms with Crippen molar-refractivity contribution in [2.45, 2.75) is 12.7 Å². The van der Waals surface area contributed by atoms with Crippen LogP contribution in [0.25, 0.3) is 5.69 Å². The van der Waals surface area contributed by atoms with Gasteiger partial charge in [-0.2, -0.15) is 18.3 Å². The van der Waals surface area contributed by atoms with Gasteiger partial charge in [-0.25, -0.2) is 9.48 Å². The van der Waals surface area contributed by atoms with Gasteiger partial charge >= 0.3 is 12.1 Å². The van der Waals surface area contributed by atoms with Gasteiger partial charge in [0.25, 0.3) is 0 Å². The first-order valence-electron chi connectivity index (χ1n) is 5.52. The molecule has 8 heteroatoms. The highest BCUT2D eigenvalue weighted by Crippen LogP contribution is 2.32. The van der Waals surface area contributed by atoms with Gasteiger partial charge in [0.1, 0.15) is 5.56 Å². The van der Waals surface area contributed by atoms with E-state index in [1.807, 2.05) is 0 Å². The Morgan fingerprint density at radius 3 is 2.65 bits per heavy atom. The van der Waals surface area contributed by atoms with Crippen LogP contribution in [0.2, 0.25) is 0 Å². The highest BCUT2D eigenvalue weighted by Gasteiger charge is 2.39. The molecular weight excluding hydrogens is 275 g/mol. The van der Waals surface area contributed by atoms with Crippen molar-refractivity contribution >= 4 is 5.97 Å². The van der Waals surface area contributed by atoms with Crippen molar-refractivity contribution in [3.63, 3.8) is 0 Å². The molecule has 0 saturated heterocycles. The number of rotatable bonds is 3. The third kappa shape index (κ3) is 2.50. The lowest BCUT2D eigenvalue weighted by molar-refractivity contribution is -0.138. The van der Waals surface area contributed by atoms with Gasteiger partial charge in [0, 0.05) is 6.54 Å². The van der Waals surface area contributed by atoms with Gasteiger partial charge in [-0.05, 0) is 17.7 Å². The van der Waals surface area contributed by atoms with Crippen LogP contribution in [0.4, 0.5) is 13.2 Å². The fourth-order valence-corrected chi connectivity index (χ4v) is 1.77. The van der Waals surface area contributed by atoms with E-state index in [1.54, 1.807) is 12.1 Å². The van der Waals surface area contributed by atoms with E-state index in [1.165, 1.54) is 12.1 Å². The maximum absolute atomic E-state index is 12.7. The second-order valence-electron chi connectivity index (χ2n) is 4.00. The van der Waals surface area contributed by atoms with E-state index >= 15 is 0 Å². The molecular formula is C12H10F3N3O2. The Morgan fingerprint density at radius 1 is 1.40 bits per heavy atom. The van der Waals surface area contributed by atoms with Crippen LogP contribution in [-0.4, -0.2) is 20.9 Å². The summed E-state index contributed by atoms with van der Waals surface area (Å²) in [5.41, 5.74) is 4.09. The molecule has 106 valence electrons. The number of hydrogen-bond donors (Lipinski definition) is 2. The summed E-state index contributed by atoms with van der Waals surface area (Å²) >= 11 is 0. The van der Waals surface area contributed by atoms with Crippen LogP contribution in [0.3, 0.4) is 0 Å². The zero-order valence-electron chi connectivity index (χ0n) is 10.1. The highest BCUT2D eigenvalue weighted by molar-refractivity contribution is 5.88. The first-order chi connectivity index (χ1) is 9.34. The predicted molar refractivity (Wildman–Crippen MR) is 63.4 cm³/mol. The van der Waals surface area contributed by atoms with Gasteiger partial charge in [-0.3, -0.25) is 0 Å². The van der Waals surface area contributed by atoms with E-state index in [4.69, 9.17) is 10.8 Å². The van der Waals surface area contributed by atoms with E-state index in [0.717, 1.165) is 4.68 Å². The van der Waals surface area contributed by atoms with Gasteiger partial charge in [0.2, 0.25) is 0 Å². The van der Waals surface area contributed by atoms with Crippen molar-refractivity contribution < 1.29 is 23.1 Å². The summed E-state index contributed by atoms with van der Waals surface area (Å²) in [5.74, 6) is -1.70. The van der Waals surface area contributed by atoms with E-state index < -0.39 is 23.4 Å². The minimum atomic E-state index is -4.78. The van der Waals surface area contributed by atoms with Crippen LogP contribution in [-0.2, 0) is 12.7 Å². The monoisotopic (exact) mass is 285 g/mol. The van der Waals surface area contributed by atoms with Gasteiger partial charge in [-0.15, -0.1) is 0 Å². The third-order valence-electron chi connectivity index (χ3n) is 2.67. The number of aromatic carboxylic acids is 1. The summed E-state index contributed by atoms with van der Waals surface area (Å²) in [4.78, 5) is 11.1. The molecule has 0 amide bonds. The lowest BCUT2D eigenvalue weighted by atomic mass is 10.2. The van der Waals surface area contributed by atoms with Crippen molar-refractivity contribution in [1.82, 2.24) is 9.78 Å². The average molecular weight is 285 g/mol. The van der Waals surface area contributed by atoms with Crippen molar-refractivity contribution in [1.29, 1.82) is 0 Å². The number of hydrogen-bond acceptors (Lipinski definition) is 3. The topological polar surface area (TPSA) is 81.1 Å². The number of benzene rings is 1. The van der Waals surface area contributed by atoms with E-state index in [-0.39, 0.29) is 12.2 Å². The molecule has 5 nitrogen and oxygen atoms in total. The summed E-state index contributed by atoms with van der Waals surface area (Å²) in [5, 5.41) is 12.5. The molecule has 0 fully saturated rings. The standard InChI is InChI=1S/C12H10F3N3O2/c13-12(14,15)9-6-17-18(10(9)11(19)20)8-3-1-2-7(4-8)5-16/h1-4,6H,5,16H2,(H,19,20). The third-order valence-corrected chi connectivity index (χ3v) is 2.67. The predicted octanol–water partition coefficient (Wildman–Crippen LogP) is 2.05. The minimum absolute atomic E-state index is 0.184. The Kier molecular flexibility index (Phi) is 3.49. The Bertz CT molecular complexity index is 650. The Balaban J connectivity index is 2.63. The number of nitrogens with zero attached hydrogens (tertiary/aromatic N) is 2. The zero-order valence-corrected chi connectivity index (χ0v) is 10.1. The average Bonchev–Trinajstić information content (AvgIpc) is 2.83. The van der Waals surface area contributed by atoms with Crippen molar-refractivity contribution in [2.75, 3.05) is 0 Å². The first-order valence-corrected chi connectivity index (χ1v) is 5.52.